The van der Waals surface area contributed by atoms with Crippen LogP contribution in [0.5, 0.6) is 11.5 Å². The van der Waals surface area contributed by atoms with Gasteiger partial charge in [-0.2, -0.15) is 0 Å². The molecule has 0 spiro atoms. The van der Waals surface area contributed by atoms with Crippen LogP contribution in [0.25, 0.3) is 0 Å². The Labute approximate surface area is 364 Å². The van der Waals surface area contributed by atoms with Crippen LogP contribution in [0, 0.1) is 45.8 Å². The molecule has 0 radical (unpaired) electrons. The Kier molecular flexibility index (Phi) is 17.0. The van der Waals surface area contributed by atoms with Gasteiger partial charge in [0, 0.05) is 18.4 Å². The molecule has 1 heterocycles. The summed E-state index contributed by atoms with van der Waals surface area (Å²) in [6.07, 6.45) is 11.3. The number of amides is 2. The van der Waals surface area contributed by atoms with Crippen molar-refractivity contribution in [3.63, 3.8) is 0 Å². The summed E-state index contributed by atoms with van der Waals surface area (Å²) in [4.78, 5) is 60.6. The van der Waals surface area contributed by atoms with Gasteiger partial charge in [0.2, 0.25) is 11.8 Å². The topological polar surface area (TPSA) is 146 Å². The summed E-state index contributed by atoms with van der Waals surface area (Å²) in [5.74, 6) is 2.20. The Morgan fingerprint density at radius 3 is 1.74 bits per heavy atom. The number of likely N-dealkylation sites (tertiary alicyclic amines) is 1. The highest BCUT2D eigenvalue weighted by Crippen LogP contribution is 2.60. The lowest BCUT2D eigenvalue weighted by molar-refractivity contribution is -0.165. The van der Waals surface area contributed by atoms with Gasteiger partial charge in [0.05, 0.1) is 37.6 Å². The van der Waals surface area contributed by atoms with E-state index in [4.69, 9.17) is 9.47 Å². The predicted octanol–water partition coefficient (Wildman–Crippen LogP) is 9.64. The number of methoxy groups -OCH3 is 2. The fourth-order valence-corrected chi connectivity index (χ4v) is 9.88. The van der Waals surface area contributed by atoms with E-state index in [0.717, 1.165) is 48.1 Å². The number of nitrogens with zero attached hydrogens (tertiary/aromatic N) is 1. The van der Waals surface area contributed by atoms with Crippen molar-refractivity contribution >= 4 is 29.7 Å². The molecule has 5 fully saturated rings. The van der Waals surface area contributed by atoms with Gasteiger partial charge in [-0.15, -0.1) is 0 Å². The Bertz CT molecular complexity index is 1760. The number of carbonyl (C=O) groups excluding carboxylic acids is 5. The zero-order valence-corrected chi connectivity index (χ0v) is 38.7. The van der Waals surface area contributed by atoms with Gasteiger partial charge in [-0.3, -0.25) is 24.1 Å². The van der Waals surface area contributed by atoms with Gasteiger partial charge in [-0.1, -0.05) is 52.0 Å². The van der Waals surface area contributed by atoms with Crippen LogP contribution in [0.15, 0.2) is 48.5 Å². The third kappa shape index (κ3) is 12.8. The summed E-state index contributed by atoms with van der Waals surface area (Å²) in [7, 11) is 4.27. The molecule has 2 aromatic carbocycles. The highest BCUT2D eigenvalue weighted by Gasteiger charge is 2.52. The number of hydrogen-bond acceptors (Lipinski definition) is 10. The van der Waals surface area contributed by atoms with Crippen molar-refractivity contribution in [1.29, 1.82) is 0 Å². The van der Waals surface area contributed by atoms with E-state index in [1.807, 2.05) is 65.8 Å². The molecule has 2 aromatic rings. The average Bonchev–Trinajstić information content (AvgIpc) is 3.42. The number of phenols is 1. The predicted molar refractivity (Wildman–Crippen MR) is 235 cm³/mol. The quantitative estimate of drug-likeness (QED) is 0.104. The van der Waals surface area contributed by atoms with E-state index in [0.29, 0.717) is 24.2 Å². The maximum atomic E-state index is 12.7. The lowest BCUT2D eigenvalue weighted by Gasteiger charge is -2.56. The Hall–Kier alpha value is -4.41. The van der Waals surface area contributed by atoms with Gasteiger partial charge >= 0.3 is 17.9 Å². The fourth-order valence-electron chi connectivity index (χ4n) is 9.88. The van der Waals surface area contributed by atoms with E-state index in [2.05, 4.69) is 23.3 Å². The molecule has 5 aliphatic rings. The van der Waals surface area contributed by atoms with Crippen LogP contribution >= 0.6 is 0 Å². The second-order valence-corrected chi connectivity index (χ2v) is 19.7. The first-order valence-corrected chi connectivity index (χ1v) is 22.3. The van der Waals surface area contributed by atoms with E-state index < -0.39 is 5.97 Å². The lowest BCUT2D eigenvalue weighted by atomic mass is 9.50. The Morgan fingerprint density at radius 2 is 1.30 bits per heavy atom. The first-order valence-electron chi connectivity index (χ1n) is 22.3. The molecule has 4 aliphatic carbocycles. The molecule has 1 aliphatic heterocycles. The van der Waals surface area contributed by atoms with E-state index in [9.17, 15) is 29.1 Å². The third-order valence-corrected chi connectivity index (χ3v) is 14.3. The highest BCUT2D eigenvalue weighted by molar-refractivity contribution is 6.04. The normalized spacial score (nSPS) is 25.0. The molecular formula is C50H73NO10. The fraction of sp³-hybridized carbons (Fsp3) is 0.660. The highest BCUT2D eigenvalue weighted by atomic mass is 16.6. The first-order chi connectivity index (χ1) is 28.7. The number of carbonyl (C=O) groups is 5. The van der Waals surface area contributed by atoms with Crippen LogP contribution in [0.1, 0.15) is 143 Å². The van der Waals surface area contributed by atoms with Crippen molar-refractivity contribution in [1.82, 2.24) is 4.90 Å². The van der Waals surface area contributed by atoms with E-state index in [-0.39, 0.29) is 70.6 Å². The van der Waals surface area contributed by atoms with E-state index in [1.54, 1.807) is 31.3 Å². The first kappa shape index (κ1) is 49.2. The largest absolute Gasteiger partial charge is 0.508 e. The summed E-state index contributed by atoms with van der Waals surface area (Å²) in [6.45, 7) is 16.2. The zero-order chi connectivity index (χ0) is 45.3. The number of imide groups is 1. The molecule has 4 unspecified atom stereocenters. The molecule has 338 valence electrons. The third-order valence-electron chi connectivity index (χ3n) is 14.3. The standard InChI is InChI=1S/C26H31NO6.C17H28O2.C7H14O2/c1-16(18-5-9-21(28)10-6-18)13-20(14-23-17(2)25(30)27(3)26(23)31)19-7-11-22(12-8-19)33-15-24(29)32-4;1-4-16(2,3)15(18)19-11-17-8-12-5-13(9-17)7-14(6-12)10-17;1-5-7(2,3)6(8)9-4/h5-12,16-17,20,23,28H,13-15H2,1-4H3;12-14H,4-11H2,1-3H3;5H2,1-4H3. The van der Waals surface area contributed by atoms with Crippen LogP contribution < -0.4 is 4.74 Å². The minimum atomic E-state index is -0.456. The van der Waals surface area contributed by atoms with Gasteiger partial charge in [0.1, 0.15) is 11.5 Å². The van der Waals surface area contributed by atoms with Crippen LogP contribution in [0.3, 0.4) is 0 Å². The van der Waals surface area contributed by atoms with Gasteiger partial charge in [0.25, 0.3) is 0 Å². The van der Waals surface area contributed by atoms with Crippen molar-refractivity contribution in [3.8, 4) is 11.5 Å². The molecule has 2 amide bonds. The zero-order valence-electron chi connectivity index (χ0n) is 38.7. The lowest BCUT2D eigenvalue weighted by Crippen LogP contribution is -2.48. The number of ether oxygens (including phenoxy) is 4. The monoisotopic (exact) mass is 848 g/mol. The van der Waals surface area contributed by atoms with Gasteiger partial charge in [-0.05, 0) is 157 Å². The maximum Gasteiger partial charge on any atom is 0.343 e. The number of rotatable bonds is 15. The molecule has 4 saturated carbocycles. The molecule has 11 heteroatoms. The Balaban J connectivity index is 0.000000244. The minimum Gasteiger partial charge on any atom is -0.508 e. The van der Waals surface area contributed by atoms with Crippen LogP contribution in [-0.4, -0.2) is 74.2 Å². The molecular weight excluding hydrogens is 775 g/mol. The van der Waals surface area contributed by atoms with Gasteiger partial charge < -0.3 is 24.1 Å². The summed E-state index contributed by atoms with van der Waals surface area (Å²) in [5, 5.41) is 9.60. The molecule has 7 rings (SSSR count). The van der Waals surface area contributed by atoms with Crippen molar-refractivity contribution in [3.05, 3.63) is 59.7 Å². The average molecular weight is 848 g/mol. The molecule has 0 aromatic heterocycles. The Morgan fingerprint density at radius 1 is 0.787 bits per heavy atom. The minimum absolute atomic E-state index is 0.00532. The summed E-state index contributed by atoms with van der Waals surface area (Å²) >= 11 is 0. The summed E-state index contributed by atoms with van der Waals surface area (Å²) in [6, 6.07) is 14.6. The van der Waals surface area contributed by atoms with Gasteiger partial charge in [0.15, 0.2) is 6.61 Å². The summed E-state index contributed by atoms with van der Waals surface area (Å²) in [5.41, 5.74) is 1.86. The SMILES string of the molecule is CCC(C)(C)C(=O)OC.CCC(C)(C)C(=O)OCC12CC3CC(CC(C3)C1)C2.COC(=O)COc1ccc(C(CC(C)c2ccc(O)cc2)CC2C(=O)N(C)C(=O)C2C)cc1. The number of phenolic OH excluding ortho intramolecular Hbond substituents is 1. The van der Waals surface area contributed by atoms with Crippen molar-refractivity contribution in [2.24, 2.45) is 45.8 Å². The van der Waals surface area contributed by atoms with Crippen molar-refractivity contribution in [2.75, 3.05) is 34.5 Å². The van der Waals surface area contributed by atoms with Crippen LogP contribution in [0.4, 0.5) is 0 Å². The van der Waals surface area contributed by atoms with E-state index in [1.165, 1.54) is 57.6 Å². The number of aromatic hydroxyl groups is 1. The second-order valence-electron chi connectivity index (χ2n) is 19.7. The van der Waals surface area contributed by atoms with Crippen LogP contribution in [-0.2, 0) is 38.2 Å². The number of benzene rings is 2. The van der Waals surface area contributed by atoms with Crippen molar-refractivity contribution in [2.45, 2.75) is 131 Å². The maximum absolute atomic E-state index is 12.7. The number of hydrogen-bond donors (Lipinski definition) is 1. The van der Waals surface area contributed by atoms with E-state index >= 15 is 0 Å². The molecule has 1 N–H and O–H groups in total. The van der Waals surface area contributed by atoms with Gasteiger partial charge in [-0.25, -0.2) is 4.79 Å². The molecule has 4 atom stereocenters. The molecule has 11 nitrogen and oxygen atoms in total. The van der Waals surface area contributed by atoms with Crippen LogP contribution in [0.2, 0.25) is 0 Å². The van der Waals surface area contributed by atoms with Crippen molar-refractivity contribution < 1.29 is 48.0 Å². The smallest absolute Gasteiger partial charge is 0.343 e. The second kappa shape index (κ2) is 21.1. The molecule has 4 bridgehead atoms. The molecule has 1 saturated heterocycles. The number of esters is 3. The molecule has 61 heavy (non-hydrogen) atoms. The summed E-state index contributed by atoms with van der Waals surface area (Å²) < 4.78 is 20.4.